The minimum atomic E-state index is -0.0541. The minimum absolute atomic E-state index is 0.00751. The number of rotatable bonds is 6. The van der Waals surface area contributed by atoms with Crippen molar-refractivity contribution >= 4 is 40.7 Å². The van der Waals surface area contributed by atoms with E-state index in [2.05, 4.69) is 5.32 Å². The molecular formula is C20H22ClNO2S. The third-order valence-electron chi connectivity index (χ3n) is 3.34. The summed E-state index contributed by atoms with van der Waals surface area (Å²) in [6.45, 7) is 6.09. The van der Waals surface area contributed by atoms with Crippen LogP contribution in [0.4, 0.5) is 5.69 Å². The van der Waals surface area contributed by atoms with Crippen LogP contribution in [-0.2, 0) is 4.79 Å². The second-order valence-electron chi connectivity index (χ2n) is 7.03. The smallest absolute Gasteiger partial charge is 0.224 e. The number of Topliss-reactive ketones (excluding diaryl/α,β-unsaturated/α-hetero) is 1. The van der Waals surface area contributed by atoms with Gasteiger partial charge in [-0.2, -0.15) is 0 Å². The third-order valence-corrected chi connectivity index (χ3v) is 4.59. The van der Waals surface area contributed by atoms with Gasteiger partial charge in [-0.25, -0.2) is 0 Å². The maximum atomic E-state index is 12.2. The average Bonchev–Trinajstić information content (AvgIpc) is 2.52. The second kappa shape index (κ2) is 8.54. The van der Waals surface area contributed by atoms with Gasteiger partial charge in [-0.3, -0.25) is 9.59 Å². The number of hydrogen-bond acceptors (Lipinski definition) is 3. The molecule has 0 fully saturated rings. The molecule has 1 amide bonds. The van der Waals surface area contributed by atoms with Crippen molar-refractivity contribution in [2.75, 3.05) is 11.1 Å². The van der Waals surface area contributed by atoms with Crippen molar-refractivity contribution < 1.29 is 9.59 Å². The first-order chi connectivity index (χ1) is 11.7. The first kappa shape index (κ1) is 19.5. The summed E-state index contributed by atoms with van der Waals surface area (Å²) in [5.74, 6) is 0.372. The van der Waals surface area contributed by atoms with Crippen LogP contribution < -0.4 is 5.32 Å². The van der Waals surface area contributed by atoms with Crippen molar-refractivity contribution in [2.24, 2.45) is 5.41 Å². The predicted molar refractivity (Wildman–Crippen MR) is 106 cm³/mol. The molecule has 25 heavy (non-hydrogen) atoms. The van der Waals surface area contributed by atoms with E-state index in [9.17, 15) is 9.59 Å². The molecule has 3 nitrogen and oxygen atoms in total. The van der Waals surface area contributed by atoms with Gasteiger partial charge in [0.05, 0.1) is 5.75 Å². The molecule has 0 aliphatic heterocycles. The summed E-state index contributed by atoms with van der Waals surface area (Å²) in [6, 6.07) is 14.4. The van der Waals surface area contributed by atoms with Crippen LogP contribution in [0.5, 0.6) is 0 Å². The molecule has 0 aromatic heterocycles. The lowest BCUT2D eigenvalue weighted by atomic mass is 9.92. The average molecular weight is 376 g/mol. The van der Waals surface area contributed by atoms with Crippen molar-refractivity contribution in [3.05, 3.63) is 59.1 Å². The van der Waals surface area contributed by atoms with Crippen LogP contribution in [0.2, 0.25) is 5.02 Å². The Bertz CT molecular complexity index is 751. The number of carbonyl (C=O) groups excluding carboxylic acids is 2. The molecule has 0 saturated carbocycles. The van der Waals surface area contributed by atoms with Crippen LogP contribution in [0.15, 0.2) is 53.4 Å². The van der Waals surface area contributed by atoms with E-state index in [-0.39, 0.29) is 17.1 Å². The second-order valence-corrected chi connectivity index (χ2v) is 8.52. The number of benzene rings is 2. The molecule has 0 unspecified atom stereocenters. The van der Waals surface area contributed by atoms with E-state index < -0.39 is 0 Å². The van der Waals surface area contributed by atoms with Crippen molar-refractivity contribution in [1.82, 2.24) is 0 Å². The Hall–Kier alpha value is -1.78. The zero-order valence-corrected chi connectivity index (χ0v) is 16.2. The Kier molecular flexibility index (Phi) is 6.68. The van der Waals surface area contributed by atoms with E-state index in [4.69, 9.17) is 11.6 Å². The molecule has 0 saturated heterocycles. The lowest BCUT2D eigenvalue weighted by molar-refractivity contribution is -0.117. The number of nitrogens with one attached hydrogen (secondary N) is 1. The third kappa shape index (κ3) is 6.92. The number of thioether (sulfide) groups is 1. The highest BCUT2D eigenvalue weighted by Crippen LogP contribution is 2.24. The summed E-state index contributed by atoms with van der Waals surface area (Å²) in [5, 5.41) is 3.53. The highest BCUT2D eigenvalue weighted by atomic mass is 35.5. The van der Waals surface area contributed by atoms with Crippen molar-refractivity contribution in [2.45, 2.75) is 32.1 Å². The minimum Gasteiger partial charge on any atom is -0.326 e. The lowest BCUT2D eigenvalue weighted by Gasteiger charge is -2.17. The van der Waals surface area contributed by atoms with Crippen molar-refractivity contribution in [1.29, 1.82) is 0 Å². The molecule has 0 atom stereocenters. The van der Waals surface area contributed by atoms with Gasteiger partial charge in [0, 0.05) is 27.6 Å². The Morgan fingerprint density at radius 3 is 2.40 bits per heavy atom. The molecule has 0 spiro atoms. The maximum absolute atomic E-state index is 12.2. The summed E-state index contributed by atoms with van der Waals surface area (Å²) >= 11 is 7.29. The number of amides is 1. The lowest BCUT2D eigenvalue weighted by Crippen LogP contribution is -2.19. The molecule has 5 heteroatoms. The van der Waals surface area contributed by atoms with Gasteiger partial charge >= 0.3 is 0 Å². The molecule has 2 aromatic carbocycles. The Morgan fingerprint density at radius 1 is 1.08 bits per heavy atom. The van der Waals surface area contributed by atoms with E-state index in [0.717, 1.165) is 10.6 Å². The monoisotopic (exact) mass is 375 g/mol. The van der Waals surface area contributed by atoms with Crippen molar-refractivity contribution in [3.63, 3.8) is 0 Å². The fraction of sp³-hybridized carbons (Fsp3) is 0.300. The van der Waals surface area contributed by atoms with Gasteiger partial charge in [0.1, 0.15) is 0 Å². The molecule has 0 aliphatic carbocycles. The van der Waals surface area contributed by atoms with Crippen LogP contribution in [-0.4, -0.2) is 17.4 Å². The summed E-state index contributed by atoms with van der Waals surface area (Å²) in [5.41, 5.74) is 1.34. The van der Waals surface area contributed by atoms with Gasteiger partial charge in [-0.05, 0) is 47.9 Å². The number of halogens is 1. The molecule has 2 rings (SSSR count). The predicted octanol–water partition coefficient (Wildman–Crippen LogP) is 5.69. The molecule has 0 radical (unpaired) electrons. The standard InChI is InChI=1S/C20H22ClNO2S/c1-20(2,3)12-19(24)22-16-5-4-6-17(11-16)25-13-18(23)14-7-9-15(21)10-8-14/h4-11H,12-13H2,1-3H3,(H,22,24). The quantitative estimate of drug-likeness (QED) is 0.521. The summed E-state index contributed by atoms with van der Waals surface area (Å²) < 4.78 is 0. The van der Waals surface area contributed by atoms with Gasteiger partial charge in [-0.15, -0.1) is 11.8 Å². The fourth-order valence-corrected chi connectivity index (χ4v) is 3.19. The van der Waals surface area contributed by atoms with Gasteiger partial charge in [0.25, 0.3) is 0 Å². The SMILES string of the molecule is CC(C)(C)CC(=O)Nc1cccc(SCC(=O)c2ccc(Cl)cc2)c1. The molecule has 132 valence electrons. The van der Waals surface area contributed by atoms with Crippen LogP contribution in [0.1, 0.15) is 37.6 Å². The zero-order chi connectivity index (χ0) is 18.4. The van der Waals surface area contributed by atoms with Gasteiger partial charge < -0.3 is 5.32 Å². The Balaban J connectivity index is 1.93. The molecule has 0 bridgehead atoms. The number of ketones is 1. The largest absolute Gasteiger partial charge is 0.326 e. The molecule has 0 aliphatic rings. The Morgan fingerprint density at radius 2 is 1.76 bits per heavy atom. The molecule has 0 heterocycles. The summed E-state index contributed by atoms with van der Waals surface area (Å²) in [6.07, 6.45) is 0.458. The summed E-state index contributed by atoms with van der Waals surface area (Å²) in [7, 11) is 0. The molecule has 2 aromatic rings. The van der Waals surface area contributed by atoms with Gasteiger partial charge in [0.2, 0.25) is 5.91 Å². The van der Waals surface area contributed by atoms with E-state index in [1.165, 1.54) is 11.8 Å². The zero-order valence-electron chi connectivity index (χ0n) is 14.6. The molecule has 1 N–H and O–H groups in total. The van der Waals surface area contributed by atoms with E-state index in [0.29, 0.717) is 22.8 Å². The Labute approximate surface area is 158 Å². The topological polar surface area (TPSA) is 46.2 Å². The van der Waals surface area contributed by atoms with Crippen LogP contribution in [0, 0.1) is 5.41 Å². The fourth-order valence-electron chi connectivity index (χ4n) is 2.22. The van der Waals surface area contributed by atoms with Crippen LogP contribution >= 0.6 is 23.4 Å². The van der Waals surface area contributed by atoms with Crippen molar-refractivity contribution in [3.8, 4) is 0 Å². The highest BCUT2D eigenvalue weighted by molar-refractivity contribution is 8.00. The van der Waals surface area contributed by atoms with Crippen LogP contribution in [0.3, 0.4) is 0 Å². The highest BCUT2D eigenvalue weighted by Gasteiger charge is 2.16. The summed E-state index contributed by atoms with van der Waals surface area (Å²) in [4.78, 5) is 25.2. The van der Waals surface area contributed by atoms with Gasteiger partial charge in [0.15, 0.2) is 5.78 Å². The van der Waals surface area contributed by atoms with Crippen LogP contribution in [0.25, 0.3) is 0 Å². The van der Waals surface area contributed by atoms with Gasteiger partial charge in [-0.1, -0.05) is 38.4 Å². The first-order valence-electron chi connectivity index (χ1n) is 8.04. The molecular weight excluding hydrogens is 354 g/mol. The first-order valence-corrected chi connectivity index (χ1v) is 9.41. The number of anilines is 1. The van der Waals surface area contributed by atoms with E-state index >= 15 is 0 Å². The van der Waals surface area contributed by atoms with E-state index in [1.807, 2.05) is 45.0 Å². The van der Waals surface area contributed by atoms with E-state index in [1.54, 1.807) is 24.3 Å². The number of carbonyl (C=O) groups is 2. The maximum Gasteiger partial charge on any atom is 0.224 e. The normalized spacial score (nSPS) is 11.2. The number of hydrogen-bond donors (Lipinski definition) is 1.